The molecule has 6 nitrogen and oxygen atoms in total. The summed E-state index contributed by atoms with van der Waals surface area (Å²) in [5.74, 6) is 0.277. The topological polar surface area (TPSA) is 67.2 Å². The van der Waals surface area contributed by atoms with Crippen molar-refractivity contribution in [3.8, 4) is 0 Å². The molecular weight excluding hydrogens is 208 g/mol. The summed E-state index contributed by atoms with van der Waals surface area (Å²) in [6, 6.07) is 0.908. The normalized spacial score (nSPS) is 20.4. The third-order valence-corrected chi connectivity index (χ3v) is 2.63. The van der Waals surface area contributed by atoms with Gasteiger partial charge in [0.1, 0.15) is 11.9 Å². The monoisotopic (exact) mass is 222 g/mol. The zero-order valence-corrected chi connectivity index (χ0v) is 9.52. The van der Waals surface area contributed by atoms with Gasteiger partial charge in [-0.15, -0.1) is 0 Å². The number of carbonyl (C=O) groups is 2. The molecule has 0 aliphatic carbocycles. The fourth-order valence-electron chi connectivity index (χ4n) is 1.72. The van der Waals surface area contributed by atoms with E-state index in [1.165, 1.54) is 0 Å². The molecule has 2 heterocycles. The average molecular weight is 222 g/mol. The highest BCUT2D eigenvalue weighted by molar-refractivity contribution is 6.20. The SMILES string of the molecule is CCc1cc(N2C(=O)NC(C)C2=O)n(C)n1. The Bertz CT molecular complexity index is 452. The minimum Gasteiger partial charge on any atom is -0.326 e. The molecule has 86 valence electrons. The molecule has 1 saturated heterocycles. The van der Waals surface area contributed by atoms with Crippen LogP contribution in [0.15, 0.2) is 6.07 Å². The summed E-state index contributed by atoms with van der Waals surface area (Å²) in [6.07, 6.45) is 0.771. The summed E-state index contributed by atoms with van der Waals surface area (Å²) in [5.41, 5.74) is 0.859. The van der Waals surface area contributed by atoms with Gasteiger partial charge in [0.15, 0.2) is 0 Å². The van der Waals surface area contributed by atoms with Crippen LogP contribution < -0.4 is 10.2 Å². The number of amides is 3. The lowest BCUT2D eigenvalue weighted by molar-refractivity contribution is -0.118. The van der Waals surface area contributed by atoms with E-state index in [-0.39, 0.29) is 11.9 Å². The van der Waals surface area contributed by atoms with Crippen LogP contribution in [0, 0.1) is 0 Å². The summed E-state index contributed by atoms with van der Waals surface area (Å²) in [5, 5.41) is 6.78. The van der Waals surface area contributed by atoms with Gasteiger partial charge >= 0.3 is 6.03 Å². The molecule has 0 radical (unpaired) electrons. The number of hydrogen-bond acceptors (Lipinski definition) is 3. The molecule has 1 aliphatic heterocycles. The molecule has 1 unspecified atom stereocenters. The maximum Gasteiger partial charge on any atom is 0.330 e. The number of aromatic nitrogens is 2. The third-order valence-electron chi connectivity index (χ3n) is 2.63. The van der Waals surface area contributed by atoms with Crippen LogP contribution in [-0.2, 0) is 18.3 Å². The van der Waals surface area contributed by atoms with E-state index < -0.39 is 6.04 Å². The second-order valence-electron chi connectivity index (χ2n) is 3.82. The highest BCUT2D eigenvalue weighted by Gasteiger charge is 2.37. The Morgan fingerprint density at radius 2 is 2.19 bits per heavy atom. The number of imide groups is 1. The average Bonchev–Trinajstić information content (AvgIpc) is 2.70. The van der Waals surface area contributed by atoms with Crippen LogP contribution >= 0.6 is 0 Å². The quantitative estimate of drug-likeness (QED) is 0.738. The maximum absolute atomic E-state index is 11.8. The summed E-state index contributed by atoms with van der Waals surface area (Å²) >= 11 is 0. The Balaban J connectivity index is 2.40. The fourth-order valence-corrected chi connectivity index (χ4v) is 1.72. The minimum absolute atomic E-state index is 0.240. The Hall–Kier alpha value is -1.85. The number of anilines is 1. The summed E-state index contributed by atoms with van der Waals surface area (Å²) < 4.78 is 1.55. The molecule has 2 rings (SSSR count). The van der Waals surface area contributed by atoms with Crippen molar-refractivity contribution in [3.05, 3.63) is 11.8 Å². The van der Waals surface area contributed by atoms with Crippen LogP contribution in [-0.4, -0.2) is 27.8 Å². The van der Waals surface area contributed by atoms with Crippen molar-refractivity contribution < 1.29 is 9.59 Å². The van der Waals surface area contributed by atoms with Gasteiger partial charge in [-0.05, 0) is 13.3 Å². The number of nitrogens with one attached hydrogen (secondary N) is 1. The first-order valence-electron chi connectivity index (χ1n) is 5.22. The molecule has 0 aromatic carbocycles. The van der Waals surface area contributed by atoms with Crippen LogP contribution in [0.4, 0.5) is 10.6 Å². The Kier molecular flexibility index (Phi) is 2.41. The molecule has 1 aromatic rings. The molecule has 1 aromatic heterocycles. The van der Waals surface area contributed by atoms with Gasteiger partial charge in [0.25, 0.3) is 5.91 Å². The predicted molar refractivity (Wildman–Crippen MR) is 58.1 cm³/mol. The van der Waals surface area contributed by atoms with Crippen molar-refractivity contribution in [1.82, 2.24) is 15.1 Å². The molecule has 1 fully saturated rings. The van der Waals surface area contributed by atoms with E-state index in [0.717, 1.165) is 17.0 Å². The zero-order valence-electron chi connectivity index (χ0n) is 9.52. The molecule has 1 N–H and O–H groups in total. The standard InChI is InChI=1S/C10H14N4O2/c1-4-7-5-8(13(3)12-7)14-9(15)6(2)11-10(14)16/h5-6H,4H2,1-3H3,(H,11,16). The van der Waals surface area contributed by atoms with E-state index in [1.807, 2.05) is 6.92 Å². The van der Waals surface area contributed by atoms with Crippen molar-refractivity contribution in [2.75, 3.05) is 4.90 Å². The van der Waals surface area contributed by atoms with E-state index in [2.05, 4.69) is 10.4 Å². The lowest BCUT2D eigenvalue weighted by Gasteiger charge is -2.11. The first kappa shape index (κ1) is 10.7. The number of carbonyl (C=O) groups excluding carboxylic acids is 2. The summed E-state index contributed by atoms with van der Waals surface area (Å²) in [4.78, 5) is 24.5. The second kappa shape index (κ2) is 3.62. The van der Waals surface area contributed by atoms with Gasteiger partial charge < -0.3 is 5.32 Å². The van der Waals surface area contributed by atoms with Crippen molar-refractivity contribution in [2.45, 2.75) is 26.3 Å². The Labute approximate surface area is 93.2 Å². The molecule has 6 heteroatoms. The number of nitrogens with zero attached hydrogens (tertiary/aromatic N) is 3. The highest BCUT2D eigenvalue weighted by Crippen LogP contribution is 2.20. The zero-order chi connectivity index (χ0) is 11.9. The van der Waals surface area contributed by atoms with Crippen LogP contribution in [0.25, 0.3) is 0 Å². The molecule has 16 heavy (non-hydrogen) atoms. The molecule has 0 bridgehead atoms. The van der Waals surface area contributed by atoms with E-state index >= 15 is 0 Å². The number of aryl methyl sites for hydroxylation is 2. The van der Waals surface area contributed by atoms with Crippen LogP contribution in [0.3, 0.4) is 0 Å². The van der Waals surface area contributed by atoms with Crippen LogP contribution in [0.5, 0.6) is 0 Å². The van der Waals surface area contributed by atoms with Gasteiger partial charge in [-0.2, -0.15) is 5.10 Å². The van der Waals surface area contributed by atoms with Gasteiger partial charge in [0.05, 0.1) is 5.69 Å². The molecule has 3 amide bonds. The molecule has 0 saturated carbocycles. The van der Waals surface area contributed by atoms with Crippen molar-refractivity contribution in [3.63, 3.8) is 0 Å². The van der Waals surface area contributed by atoms with E-state index in [9.17, 15) is 9.59 Å². The van der Waals surface area contributed by atoms with Gasteiger partial charge in [-0.25, -0.2) is 9.69 Å². The van der Waals surface area contributed by atoms with Gasteiger partial charge in [0, 0.05) is 13.1 Å². The number of hydrogen-bond donors (Lipinski definition) is 1. The van der Waals surface area contributed by atoms with E-state index in [1.54, 1.807) is 24.7 Å². The Morgan fingerprint density at radius 1 is 1.50 bits per heavy atom. The van der Waals surface area contributed by atoms with Gasteiger partial charge in [0.2, 0.25) is 0 Å². The minimum atomic E-state index is -0.465. The Morgan fingerprint density at radius 3 is 2.62 bits per heavy atom. The molecule has 0 spiro atoms. The van der Waals surface area contributed by atoms with Crippen LogP contribution in [0.2, 0.25) is 0 Å². The first-order chi connectivity index (χ1) is 7.54. The molecule has 1 aliphatic rings. The first-order valence-corrected chi connectivity index (χ1v) is 5.22. The van der Waals surface area contributed by atoms with Crippen LogP contribution in [0.1, 0.15) is 19.5 Å². The lowest BCUT2D eigenvalue weighted by Crippen LogP contribution is -2.32. The molecular formula is C10H14N4O2. The fraction of sp³-hybridized carbons (Fsp3) is 0.500. The maximum atomic E-state index is 11.8. The second-order valence-corrected chi connectivity index (χ2v) is 3.82. The molecule has 1 atom stereocenters. The summed E-state index contributed by atoms with van der Waals surface area (Å²) in [6.45, 7) is 3.64. The van der Waals surface area contributed by atoms with E-state index in [4.69, 9.17) is 0 Å². The lowest BCUT2D eigenvalue weighted by atomic mass is 10.3. The van der Waals surface area contributed by atoms with Gasteiger partial charge in [-0.1, -0.05) is 6.92 Å². The number of urea groups is 1. The number of rotatable bonds is 2. The third kappa shape index (κ3) is 1.46. The van der Waals surface area contributed by atoms with E-state index in [0.29, 0.717) is 5.82 Å². The smallest absolute Gasteiger partial charge is 0.326 e. The predicted octanol–water partition coefficient (Wildman–Crippen LogP) is 0.427. The van der Waals surface area contributed by atoms with Crippen molar-refractivity contribution in [2.24, 2.45) is 7.05 Å². The largest absolute Gasteiger partial charge is 0.330 e. The van der Waals surface area contributed by atoms with Crippen molar-refractivity contribution in [1.29, 1.82) is 0 Å². The van der Waals surface area contributed by atoms with Gasteiger partial charge in [-0.3, -0.25) is 9.48 Å². The van der Waals surface area contributed by atoms with Crippen molar-refractivity contribution >= 4 is 17.8 Å². The highest BCUT2D eigenvalue weighted by atomic mass is 16.2. The summed E-state index contributed by atoms with van der Waals surface area (Å²) in [7, 11) is 1.72.